The number of aryl methyl sites for hydroxylation is 1. The SMILES string of the molecule is [CH2+]CCCN(C)c1cc(C)cc(S(N)(=O)=O)c1Oc1ccccc1. The number of primary sulfonamides is 1. The van der Waals surface area contributed by atoms with Gasteiger partial charge in [-0.25, -0.2) is 13.6 Å². The molecule has 0 amide bonds. The summed E-state index contributed by atoms with van der Waals surface area (Å²) in [5, 5.41) is 5.41. The minimum Gasteiger partial charge on any atom is -0.454 e. The second-order valence-electron chi connectivity index (χ2n) is 5.70. The first-order chi connectivity index (χ1) is 11.3. The summed E-state index contributed by atoms with van der Waals surface area (Å²) >= 11 is 0. The molecule has 0 aliphatic carbocycles. The normalized spacial score (nSPS) is 11.3. The molecule has 5 nitrogen and oxygen atoms in total. The Balaban J connectivity index is 2.57. The predicted molar refractivity (Wildman–Crippen MR) is 96.9 cm³/mol. The molecular weight excluding hydrogens is 324 g/mol. The number of para-hydroxylation sites is 1. The maximum Gasteiger partial charge on any atom is 0.241 e. The highest BCUT2D eigenvalue weighted by Crippen LogP contribution is 2.38. The molecule has 0 heterocycles. The van der Waals surface area contributed by atoms with Crippen molar-refractivity contribution >= 4 is 15.7 Å². The molecule has 0 saturated carbocycles. The van der Waals surface area contributed by atoms with Crippen LogP contribution >= 0.6 is 0 Å². The summed E-state index contributed by atoms with van der Waals surface area (Å²) in [6.07, 6.45) is 1.69. The molecule has 0 aliphatic rings. The summed E-state index contributed by atoms with van der Waals surface area (Å²) in [5.41, 5.74) is 1.49. The molecular formula is C18H23N2O3S+. The van der Waals surface area contributed by atoms with E-state index in [9.17, 15) is 8.42 Å². The highest BCUT2D eigenvalue weighted by atomic mass is 32.2. The Kier molecular flexibility index (Phi) is 5.75. The number of hydrogen-bond donors (Lipinski definition) is 1. The number of benzene rings is 2. The lowest BCUT2D eigenvalue weighted by molar-refractivity contribution is 0.466. The molecule has 0 aliphatic heterocycles. The molecule has 0 unspecified atom stereocenters. The summed E-state index contributed by atoms with van der Waals surface area (Å²) in [6, 6.07) is 12.5. The van der Waals surface area contributed by atoms with Gasteiger partial charge in [0.05, 0.1) is 19.0 Å². The topological polar surface area (TPSA) is 72.6 Å². The van der Waals surface area contributed by atoms with Gasteiger partial charge in [0.15, 0.2) is 5.75 Å². The van der Waals surface area contributed by atoms with Gasteiger partial charge in [-0.3, -0.25) is 0 Å². The zero-order valence-corrected chi connectivity index (χ0v) is 14.8. The maximum atomic E-state index is 12.1. The third-order valence-electron chi connectivity index (χ3n) is 3.60. The molecule has 0 saturated heterocycles. The first kappa shape index (κ1) is 18.2. The van der Waals surface area contributed by atoms with Gasteiger partial charge in [-0.05, 0) is 36.8 Å². The van der Waals surface area contributed by atoms with Crippen LogP contribution in [0.25, 0.3) is 0 Å². The van der Waals surface area contributed by atoms with Crippen molar-refractivity contribution in [1.82, 2.24) is 0 Å². The number of sulfonamides is 1. The van der Waals surface area contributed by atoms with E-state index >= 15 is 0 Å². The standard InChI is InChI=1S/C18H23N2O3S/c1-4-5-11-20(3)16-12-14(2)13-17(24(19,21)22)18(16)23-15-9-7-6-8-10-15/h6-10,12-13H,1,4-5,11H2,2-3H3,(H2,19,21,22)/q+1. The molecule has 0 aromatic heterocycles. The van der Waals surface area contributed by atoms with Gasteiger partial charge in [-0.1, -0.05) is 18.2 Å². The Morgan fingerprint density at radius 2 is 1.88 bits per heavy atom. The molecule has 0 bridgehead atoms. The smallest absolute Gasteiger partial charge is 0.241 e. The molecule has 2 N–H and O–H groups in total. The van der Waals surface area contributed by atoms with Crippen LogP contribution in [0.2, 0.25) is 0 Å². The van der Waals surface area contributed by atoms with Gasteiger partial charge in [-0.15, -0.1) is 0 Å². The van der Waals surface area contributed by atoms with E-state index in [2.05, 4.69) is 6.92 Å². The average molecular weight is 347 g/mol. The molecule has 2 aromatic carbocycles. The number of unbranched alkanes of at least 4 members (excludes halogenated alkanes) is 1. The van der Waals surface area contributed by atoms with E-state index in [1.54, 1.807) is 12.1 Å². The quantitative estimate of drug-likeness (QED) is 0.778. The van der Waals surface area contributed by atoms with E-state index < -0.39 is 10.0 Å². The van der Waals surface area contributed by atoms with Crippen LogP contribution in [0.4, 0.5) is 5.69 Å². The molecule has 24 heavy (non-hydrogen) atoms. The van der Waals surface area contributed by atoms with Gasteiger partial charge < -0.3 is 9.64 Å². The highest BCUT2D eigenvalue weighted by molar-refractivity contribution is 7.89. The summed E-state index contributed by atoms with van der Waals surface area (Å²) in [5.74, 6) is 0.805. The van der Waals surface area contributed by atoms with Gasteiger partial charge in [0.2, 0.25) is 10.0 Å². The summed E-state index contributed by atoms with van der Waals surface area (Å²) in [6.45, 7) is 6.41. The minimum atomic E-state index is -3.92. The molecule has 128 valence electrons. The molecule has 0 radical (unpaired) electrons. The summed E-state index contributed by atoms with van der Waals surface area (Å²) in [4.78, 5) is 1.95. The molecule has 6 heteroatoms. The maximum absolute atomic E-state index is 12.1. The predicted octanol–water partition coefficient (Wildman–Crippen LogP) is 3.49. The van der Waals surface area contributed by atoms with Crippen molar-refractivity contribution < 1.29 is 13.2 Å². The van der Waals surface area contributed by atoms with E-state index in [4.69, 9.17) is 9.88 Å². The van der Waals surface area contributed by atoms with E-state index in [1.165, 1.54) is 6.07 Å². The van der Waals surface area contributed by atoms with Gasteiger partial charge in [0.1, 0.15) is 10.6 Å². The molecule has 2 rings (SSSR count). The van der Waals surface area contributed by atoms with Crippen LogP contribution in [0, 0.1) is 13.8 Å². The molecule has 2 aromatic rings. The van der Waals surface area contributed by atoms with Crippen LogP contribution in [0.3, 0.4) is 0 Å². The largest absolute Gasteiger partial charge is 0.454 e. The fraction of sp³-hybridized carbons (Fsp3) is 0.278. The minimum absolute atomic E-state index is 0.0113. The first-order valence-corrected chi connectivity index (χ1v) is 9.28. The number of ether oxygens (including phenoxy) is 1. The van der Waals surface area contributed by atoms with Crippen LogP contribution < -0.4 is 14.8 Å². The van der Waals surface area contributed by atoms with Crippen LogP contribution in [-0.2, 0) is 10.0 Å². The van der Waals surface area contributed by atoms with E-state index in [0.29, 0.717) is 11.4 Å². The van der Waals surface area contributed by atoms with Crippen molar-refractivity contribution in [3.8, 4) is 11.5 Å². The van der Waals surface area contributed by atoms with Crippen molar-refractivity contribution in [2.24, 2.45) is 5.14 Å². The summed E-state index contributed by atoms with van der Waals surface area (Å²) < 4.78 is 30.0. The van der Waals surface area contributed by atoms with Crippen molar-refractivity contribution in [2.75, 3.05) is 18.5 Å². The summed E-state index contributed by atoms with van der Waals surface area (Å²) in [7, 11) is -2.02. The van der Waals surface area contributed by atoms with Gasteiger partial charge in [-0.2, -0.15) is 0 Å². The average Bonchev–Trinajstić information content (AvgIpc) is 2.53. The van der Waals surface area contributed by atoms with E-state index in [-0.39, 0.29) is 10.6 Å². The number of anilines is 1. The third kappa shape index (κ3) is 4.43. The van der Waals surface area contributed by atoms with Crippen LogP contribution in [-0.4, -0.2) is 22.0 Å². The van der Waals surface area contributed by atoms with Gasteiger partial charge >= 0.3 is 0 Å². The van der Waals surface area contributed by atoms with E-state index in [0.717, 1.165) is 24.9 Å². The fourth-order valence-electron chi connectivity index (χ4n) is 2.39. The van der Waals surface area contributed by atoms with Crippen LogP contribution in [0.1, 0.15) is 18.4 Å². The highest BCUT2D eigenvalue weighted by Gasteiger charge is 2.22. The fourth-order valence-corrected chi connectivity index (χ4v) is 3.15. The van der Waals surface area contributed by atoms with Crippen LogP contribution in [0.15, 0.2) is 47.4 Å². The number of hydrogen-bond acceptors (Lipinski definition) is 4. The Morgan fingerprint density at radius 3 is 2.46 bits per heavy atom. The van der Waals surface area contributed by atoms with Gasteiger partial charge in [0.25, 0.3) is 0 Å². The zero-order chi connectivity index (χ0) is 17.7. The van der Waals surface area contributed by atoms with Crippen molar-refractivity contribution in [2.45, 2.75) is 24.7 Å². The zero-order valence-electron chi connectivity index (χ0n) is 14.0. The lowest BCUT2D eigenvalue weighted by atomic mass is 10.2. The Hall–Kier alpha value is -2.18. The second kappa shape index (κ2) is 7.59. The van der Waals surface area contributed by atoms with Crippen LogP contribution in [0.5, 0.6) is 11.5 Å². The van der Waals surface area contributed by atoms with E-state index in [1.807, 2.05) is 43.1 Å². The molecule has 0 fully saturated rings. The lowest BCUT2D eigenvalue weighted by Gasteiger charge is -2.24. The number of rotatable bonds is 7. The van der Waals surface area contributed by atoms with Crippen molar-refractivity contribution in [3.63, 3.8) is 0 Å². The number of nitrogens with two attached hydrogens (primary N) is 1. The Labute approximate surface area is 144 Å². The molecule has 0 atom stereocenters. The monoisotopic (exact) mass is 347 g/mol. The first-order valence-electron chi connectivity index (χ1n) is 7.73. The second-order valence-corrected chi connectivity index (χ2v) is 7.23. The van der Waals surface area contributed by atoms with Crippen molar-refractivity contribution in [1.29, 1.82) is 0 Å². The third-order valence-corrected chi connectivity index (χ3v) is 4.52. The molecule has 0 spiro atoms. The van der Waals surface area contributed by atoms with Crippen molar-refractivity contribution in [3.05, 3.63) is 55.0 Å². The lowest BCUT2D eigenvalue weighted by Crippen LogP contribution is -2.21. The Morgan fingerprint density at radius 1 is 1.21 bits per heavy atom. The Bertz CT molecular complexity index is 789. The van der Waals surface area contributed by atoms with Gasteiger partial charge in [0, 0.05) is 20.0 Å². The number of nitrogens with zero attached hydrogens (tertiary/aromatic N) is 1.